The van der Waals surface area contributed by atoms with E-state index in [0.29, 0.717) is 12.0 Å². The molecule has 0 heterocycles. The normalized spacial score (nSPS) is 21.8. The van der Waals surface area contributed by atoms with Crippen molar-refractivity contribution in [2.24, 2.45) is 0 Å². The third-order valence-corrected chi connectivity index (χ3v) is 3.88. The highest BCUT2D eigenvalue weighted by atomic mass is 19.1. The lowest BCUT2D eigenvalue weighted by Crippen LogP contribution is -2.33. The highest BCUT2D eigenvalue weighted by molar-refractivity contribution is 5.45. The van der Waals surface area contributed by atoms with E-state index in [4.69, 9.17) is 0 Å². The van der Waals surface area contributed by atoms with Crippen LogP contribution in [0.1, 0.15) is 29.9 Å². The van der Waals surface area contributed by atoms with E-state index in [1.54, 1.807) is 12.1 Å². The van der Waals surface area contributed by atoms with Crippen molar-refractivity contribution in [3.63, 3.8) is 0 Å². The van der Waals surface area contributed by atoms with Crippen LogP contribution in [0.3, 0.4) is 0 Å². The van der Waals surface area contributed by atoms with Crippen LogP contribution in [-0.4, -0.2) is 6.04 Å². The van der Waals surface area contributed by atoms with Crippen molar-refractivity contribution in [3.05, 3.63) is 65.5 Å². The maximum atomic E-state index is 13.1. The maximum absolute atomic E-state index is 13.1. The summed E-state index contributed by atoms with van der Waals surface area (Å²) in [7, 11) is 0. The van der Waals surface area contributed by atoms with E-state index in [9.17, 15) is 4.39 Å². The third kappa shape index (κ3) is 2.78. The molecule has 2 heteroatoms. The largest absolute Gasteiger partial charge is 0.382 e. The number of halogens is 1. The second-order valence-corrected chi connectivity index (χ2v) is 5.43. The molecule has 0 spiro atoms. The third-order valence-electron chi connectivity index (χ3n) is 3.88. The van der Waals surface area contributed by atoms with E-state index in [1.807, 2.05) is 6.07 Å². The van der Waals surface area contributed by atoms with Crippen LogP contribution in [0.4, 0.5) is 10.1 Å². The number of hydrogen-bond acceptors (Lipinski definition) is 1. The maximum Gasteiger partial charge on any atom is 0.125 e. The molecule has 3 rings (SSSR count). The van der Waals surface area contributed by atoms with E-state index in [-0.39, 0.29) is 5.82 Å². The summed E-state index contributed by atoms with van der Waals surface area (Å²) in [5, 5.41) is 3.39. The molecule has 1 aliphatic rings. The molecule has 2 aromatic carbocycles. The van der Waals surface area contributed by atoms with Gasteiger partial charge in [0.1, 0.15) is 5.82 Å². The number of anilines is 1. The van der Waals surface area contributed by atoms with E-state index in [0.717, 1.165) is 18.5 Å². The summed E-state index contributed by atoms with van der Waals surface area (Å²) < 4.78 is 13.1. The van der Waals surface area contributed by atoms with Crippen LogP contribution in [0, 0.1) is 12.7 Å². The second-order valence-electron chi connectivity index (χ2n) is 5.43. The van der Waals surface area contributed by atoms with E-state index in [1.165, 1.54) is 17.2 Å². The molecule has 1 fully saturated rings. The minimum absolute atomic E-state index is 0.181. The Kier molecular flexibility index (Phi) is 3.24. The molecule has 0 unspecified atom stereocenters. The van der Waals surface area contributed by atoms with Crippen LogP contribution in [0.5, 0.6) is 0 Å². The zero-order valence-electron chi connectivity index (χ0n) is 11.1. The molecule has 1 N–H and O–H groups in total. The van der Waals surface area contributed by atoms with Gasteiger partial charge >= 0.3 is 0 Å². The quantitative estimate of drug-likeness (QED) is 0.852. The average Bonchev–Trinajstić information content (AvgIpc) is 2.35. The monoisotopic (exact) mass is 255 g/mol. The molecular formula is C17H18FN. The lowest BCUT2D eigenvalue weighted by molar-refractivity contribution is 0.374. The van der Waals surface area contributed by atoms with Gasteiger partial charge in [-0.1, -0.05) is 35.9 Å². The standard InChI is InChI=1S/C17H18FN/c1-12-5-7-13(8-6-12)14-9-17(10-14)19-16-4-2-3-15(18)11-16/h2-8,11,14,17,19H,9-10H2,1H3. The van der Waals surface area contributed by atoms with Crippen LogP contribution in [0.25, 0.3) is 0 Å². The Balaban J connectivity index is 1.57. The molecule has 0 amide bonds. The van der Waals surface area contributed by atoms with Gasteiger partial charge in [0, 0.05) is 11.7 Å². The summed E-state index contributed by atoms with van der Waals surface area (Å²) in [5.41, 5.74) is 3.60. The average molecular weight is 255 g/mol. The molecule has 0 aromatic heterocycles. The van der Waals surface area contributed by atoms with Crippen molar-refractivity contribution in [3.8, 4) is 0 Å². The zero-order valence-corrected chi connectivity index (χ0v) is 11.1. The Morgan fingerprint density at radius 2 is 1.79 bits per heavy atom. The lowest BCUT2D eigenvalue weighted by Gasteiger charge is -2.37. The van der Waals surface area contributed by atoms with Crippen molar-refractivity contribution in [2.75, 3.05) is 5.32 Å². The van der Waals surface area contributed by atoms with Gasteiger partial charge in [0.05, 0.1) is 0 Å². The predicted octanol–water partition coefficient (Wildman–Crippen LogP) is 4.49. The number of benzene rings is 2. The smallest absolute Gasteiger partial charge is 0.125 e. The van der Waals surface area contributed by atoms with Gasteiger partial charge in [-0.05, 0) is 49.4 Å². The fourth-order valence-electron chi connectivity index (χ4n) is 2.66. The number of rotatable bonds is 3. The number of nitrogens with one attached hydrogen (secondary N) is 1. The van der Waals surface area contributed by atoms with Crippen molar-refractivity contribution >= 4 is 5.69 Å². The van der Waals surface area contributed by atoms with Gasteiger partial charge in [-0.15, -0.1) is 0 Å². The van der Waals surface area contributed by atoms with Crippen molar-refractivity contribution in [2.45, 2.75) is 31.7 Å². The van der Waals surface area contributed by atoms with Gasteiger partial charge in [0.2, 0.25) is 0 Å². The SMILES string of the molecule is Cc1ccc(C2CC(Nc3cccc(F)c3)C2)cc1. The van der Waals surface area contributed by atoms with Crippen molar-refractivity contribution < 1.29 is 4.39 Å². The molecule has 0 radical (unpaired) electrons. The van der Waals surface area contributed by atoms with Crippen LogP contribution in [0.2, 0.25) is 0 Å². The Bertz CT molecular complexity index is 556. The molecule has 0 saturated heterocycles. The summed E-state index contributed by atoms with van der Waals surface area (Å²) in [5.74, 6) is 0.464. The van der Waals surface area contributed by atoms with Crippen molar-refractivity contribution in [1.29, 1.82) is 0 Å². The van der Waals surface area contributed by atoms with Crippen molar-refractivity contribution in [1.82, 2.24) is 0 Å². The summed E-state index contributed by atoms with van der Waals surface area (Å²) in [6, 6.07) is 15.9. The molecule has 19 heavy (non-hydrogen) atoms. The minimum atomic E-state index is -0.181. The Morgan fingerprint density at radius 1 is 1.05 bits per heavy atom. The Morgan fingerprint density at radius 3 is 2.47 bits per heavy atom. The molecule has 0 aliphatic heterocycles. The highest BCUT2D eigenvalue weighted by Gasteiger charge is 2.29. The van der Waals surface area contributed by atoms with E-state index >= 15 is 0 Å². The van der Waals surface area contributed by atoms with Gasteiger partial charge in [-0.25, -0.2) is 4.39 Å². The molecule has 2 aromatic rings. The second kappa shape index (κ2) is 5.04. The van der Waals surface area contributed by atoms with Gasteiger partial charge in [-0.2, -0.15) is 0 Å². The molecule has 1 nitrogen and oxygen atoms in total. The summed E-state index contributed by atoms with van der Waals surface area (Å²) in [4.78, 5) is 0. The number of hydrogen-bond donors (Lipinski definition) is 1. The molecule has 0 atom stereocenters. The van der Waals surface area contributed by atoms with Gasteiger partial charge in [0.15, 0.2) is 0 Å². The first-order valence-electron chi connectivity index (χ1n) is 6.79. The first kappa shape index (κ1) is 12.2. The lowest BCUT2D eigenvalue weighted by atomic mass is 9.75. The molecule has 1 aliphatic carbocycles. The van der Waals surface area contributed by atoms with Crippen LogP contribution < -0.4 is 5.32 Å². The Labute approximate surface area is 113 Å². The fourth-order valence-corrected chi connectivity index (χ4v) is 2.66. The van der Waals surface area contributed by atoms with E-state index < -0.39 is 0 Å². The molecule has 1 saturated carbocycles. The molecule has 0 bridgehead atoms. The minimum Gasteiger partial charge on any atom is -0.382 e. The zero-order chi connectivity index (χ0) is 13.2. The highest BCUT2D eigenvalue weighted by Crippen LogP contribution is 2.38. The first-order valence-corrected chi connectivity index (χ1v) is 6.79. The van der Waals surface area contributed by atoms with Crippen LogP contribution in [-0.2, 0) is 0 Å². The van der Waals surface area contributed by atoms with Crippen LogP contribution >= 0.6 is 0 Å². The predicted molar refractivity (Wildman–Crippen MR) is 77.0 cm³/mol. The summed E-state index contributed by atoms with van der Waals surface area (Å²) in [6.07, 6.45) is 2.25. The molecule has 98 valence electrons. The van der Waals surface area contributed by atoms with E-state index in [2.05, 4.69) is 36.5 Å². The van der Waals surface area contributed by atoms with Gasteiger partial charge in [0.25, 0.3) is 0 Å². The Hall–Kier alpha value is -1.83. The van der Waals surface area contributed by atoms with Gasteiger partial charge in [-0.3, -0.25) is 0 Å². The van der Waals surface area contributed by atoms with Gasteiger partial charge < -0.3 is 5.32 Å². The molecular weight excluding hydrogens is 237 g/mol. The number of aryl methyl sites for hydroxylation is 1. The summed E-state index contributed by atoms with van der Waals surface area (Å²) >= 11 is 0. The fraction of sp³-hybridized carbons (Fsp3) is 0.294. The first-order chi connectivity index (χ1) is 9.20. The summed E-state index contributed by atoms with van der Waals surface area (Å²) in [6.45, 7) is 2.11. The van der Waals surface area contributed by atoms with Crippen LogP contribution in [0.15, 0.2) is 48.5 Å². The topological polar surface area (TPSA) is 12.0 Å².